The average Bonchev–Trinajstić information content (AvgIpc) is 3.02. The van der Waals surface area contributed by atoms with Crippen molar-refractivity contribution in [3.8, 4) is 0 Å². The molecule has 1 N–H and O–H groups in total. The SMILES string of the molecule is O=C(Nc1ccc(SC2CCCC2)cc1)c1ccc(Cl)nc1Cl. The molecular weight excluding hydrogens is 351 g/mol. The van der Waals surface area contributed by atoms with Crippen molar-refractivity contribution in [3.63, 3.8) is 0 Å². The molecule has 0 unspecified atom stereocenters. The van der Waals surface area contributed by atoms with Crippen LogP contribution < -0.4 is 5.32 Å². The van der Waals surface area contributed by atoms with Gasteiger partial charge in [-0.2, -0.15) is 0 Å². The third-order valence-corrected chi connectivity index (χ3v) is 5.62. The molecule has 0 radical (unpaired) electrons. The average molecular weight is 367 g/mol. The minimum atomic E-state index is -0.296. The molecule has 0 aliphatic heterocycles. The monoisotopic (exact) mass is 366 g/mol. The van der Waals surface area contributed by atoms with Crippen LogP contribution in [0.15, 0.2) is 41.3 Å². The molecule has 23 heavy (non-hydrogen) atoms. The first-order chi connectivity index (χ1) is 11.1. The van der Waals surface area contributed by atoms with Gasteiger partial charge < -0.3 is 5.32 Å². The van der Waals surface area contributed by atoms with Crippen molar-refractivity contribution in [2.24, 2.45) is 0 Å². The first-order valence-corrected chi connectivity index (χ1v) is 9.15. The van der Waals surface area contributed by atoms with Crippen LogP contribution in [0.1, 0.15) is 36.0 Å². The smallest absolute Gasteiger partial charge is 0.258 e. The largest absolute Gasteiger partial charge is 0.322 e. The summed E-state index contributed by atoms with van der Waals surface area (Å²) in [5, 5.41) is 3.92. The van der Waals surface area contributed by atoms with Crippen LogP contribution in [0.4, 0.5) is 5.69 Å². The number of anilines is 1. The summed E-state index contributed by atoms with van der Waals surface area (Å²) in [7, 11) is 0. The Bertz CT molecular complexity index is 700. The van der Waals surface area contributed by atoms with E-state index in [1.807, 2.05) is 36.0 Å². The molecule has 0 saturated heterocycles. The number of aromatic nitrogens is 1. The molecule has 1 amide bonds. The van der Waals surface area contributed by atoms with Crippen molar-refractivity contribution in [2.45, 2.75) is 35.8 Å². The predicted molar refractivity (Wildman–Crippen MR) is 96.8 cm³/mol. The van der Waals surface area contributed by atoms with Crippen molar-refractivity contribution in [2.75, 3.05) is 5.32 Å². The molecular formula is C17H16Cl2N2OS. The molecule has 0 atom stereocenters. The predicted octanol–water partition coefficient (Wildman–Crippen LogP) is 5.68. The molecule has 6 heteroatoms. The van der Waals surface area contributed by atoms with Crippen molar-refractivity contribution >= 4 is 46.6 Å². The van der Waals surface area contributed by atoms with E-state index >= 15 is 0 Å². The van der Waals surface area contributed by atoms with Crippen LogP contribution >= 0.6 is 35.0 Å². The normalized spacial score (nSPS) is 14.9. The summed E-state index contributed by atoms with van der Waals surface area (Å²) in [5.41, 5.74) is 1.04. The molecule has 3 rings (SSSR count). The number of hydrogen-bond acceptors (Lipinski definition) is 3. The number of amides is 1. The van der Waals surface area contributed by atoms with E-state index in [1.165, 1.54) is 30.6 Å². The van der Waals surface area contributed by atoms with E-state index in [0.717, 1.165) is 10.9 Å². The summed E-state index contributed by atoms with van der Waals surface area (Å²) in [6.07, 6.45) is 5.26. The van der Waals surface area contributed by atoms with Crippen LogP contribution in [0, 0.1) is 0 Å². The first kappa shape index (κ1) is 16.6. The minimum absolute atomic E-state index is 0.100. The van der Waals surface area contributed by atoms with Gasteiger partial charge >= 0.3 is 0 Å². The van der Waals surface area contributed by atoms with E-state index in [1.54, 1.807) is 12.1 Å². The zero-order valence-corrected chi connectivity index (χ0v) is 14.7. The van der Waals surface area contributed by atoms with E-state index in [0.29, 0.717) is 5.56 Å². The third kappa shape index (κ3) is 4.40. The van der Waals surface area contributed by atoms with Gasteiger partial charge in [-0.15, -0.1) is 11.8 Å². The lowest BCUT2D eigenvalue weighted by molar-refractivity contribution is 0.102. The van der Waals surface area contributed by atoms with Gasteiger partial charge in [0.25, 0.3) is 5.91 Å². The van der Waals surface area contributed by atoms with E-state index in [-0.39, 0.29) is 16.2 Å². The van der Waals surface area contributed by atoms with Crippen LogP contribution in [0.25, 0.3) is 0 Å². The molecule has 0 spiro atoms. The second kappa shape index (κ2) is 7.56. The number of halogens is 2. The number of benzene rings is 1. The highest BCUT2D eigenvalue weighted by Crippen LogP contribution is 2.35. The number of thioether (sulfide) groups is 1. The first-order valence-electron chi connectivity index (χ1n) is 7.52. The number of carbonyl (C=O) groups excluding carboxylic acids is 1. The van der Waals surface area contributed by atoms with Gasteiger partial charge in [0.1, 0.15) is 10.3 Å². The maximum atomic E-state index is 12.2. The second-order valence-corrected chi connectivity index (χ2v) is 7.59. The highest BCUT2D eigenvalue weighted by atomic mass is 35.5. The van der Waals surface area contributed by atoms with Gasteiger partial charge in [-0.05, 0) is 49.2 Å². The topological polar surface area (TPSA) is 42.0 Å². The van der Waals surface area contributed by atoms with E-state index in [9.17, 15) is 4.79 Å². The Morgan fingerprint density at radius 2 is 1.78 bits per heavy atom. The fraction of sp³-hybridized carbons (Fsp3) is 0.294. The van der Waals surface area contributed by atoms with Gasteiger partial charge in [-0.1, -0.05) is 36.0 Å². The molecule has 3 nitrogen and oxygen atoms in total. The molecule has 120 valence electrons. The summed E-state index contributed by atoms with van der Waals surface area (Å²) < 4.78 is 0. The lowest BCUT2D eigenvalue weighted by Crippen LogP contribution is -2.12. The molecule has 1 fully saturated rings. The van der Waals surface area contributed by atoms with Crippen molar-refractivity contribution in [1.82, 2.24) is 4.98 Å². The molecule has 1 aliphatic carbocycles. The highest BCUT2D eigenvalue weighted by Gasteiger charge is 2.16. The lowest BCUT2D eigenvalue weighted by Gasteiger charge is -2.10. The number of nitrogens with one attached hydrogen (secondary N) is 1. The van der Waals surface area contributed by atoms with Gasteiger partial charge in [-0.25, -0.2) is 4.98 Å². The summed E-state index contributed by atoms with van der Waals surface area (Å²) >= 11 is 13.6. The summed E-state index contributed by atoms with van der Waals surface area (Å²) in [5.74, 6) is -0.296. The standard InChI is InChI=1S/C17H16Cl2N2OS/c18-15-10-9-14(16(19)21-15)17(22)20-11-5-7-13(8-6-11)23-12-3-1-2-4-12/h5-10,12H,1-4H2,(H,20,22). The molecule has 0 bridgehead atoms. The van der Waals surface area contributed by atoms with Crippen LogP contribution in [-0.2, 0) is 0 Å². The number of pyridine rings is 1. The molecule has 2 aromatic rings. The van der Waals surface area contributed by atoms with Gasteiger partial charge in [0.05, 0.1) is 5.56 Å². The molecule has 1 saturated carbocycles. The Hall–Kier alpha value is -1.23. The Kier molecular flexibility index (Phi) is 5.46. The minimum Gasteiger partial charge on any atom is -0.322 e. The number of hydrogen-bond donors (Lipinski definition) is 1. The fourth-order valence-corrected chi connectivity index (χ4v) is 4.27. The van der Waals surface area contributed by atoms with Crippen molar-refractivity contribution in [3.05, 3.63) is 52.3 Å². The third-order valence-electron chi connectivity index (χ3n) is 3.78. The Balaban J connectivity index is 1.64. The van der Waals surface area contributed by atoms with Crippen LogP contribution in [0.5, 0.6) is 0 Å². The van der Waals surface area contributed by atoms with Crippen LogP contribution in [0.2, 0.25) is 10.3 Å². The van der Waals surface area contributed by atoms with E-state index in [4.69, 9.17) is 23.2 Å². The second-order valence-electron chi connectivity index (χ2n) is 5.48. The molecule has 1 aromatic heterocycles. The summed E-state index contributed by atoms with van der Waals surface area (Å²) in [6.45, 7) is 0. The summed E-state index contributed by atoms with van der Waals surface area (Å²) in [4.78, 5) is 17.3. The summed E-state index contributed by atoms with van der Waals surface area (Å²) in [6, 6.07) is 11.0. The zero-order valence-electron chi connectivity index (χ0n) is 12.4. The van der Waals surface area contributed by atoms with Crippen molar-refractivity contribution < 1.29 is 4.79 Å². The molecule has 1 aromatic carbocycles. The lowest BCUT2D eigenvalue weighted by atomic mass is 10.2. The van der Waals surface area contributed by atoms with Gasteiger partial charge in [0, 0.05) is 15.8 Å². The highest BCUT2D eigenvalue weighted by molar-refractivity contribution is 8.00. The van der Waals surface area contributed by atoms with Gasteiger partial charge in [0.15, 0.2) is 0 Å². The Labute approximate surface area is 149 Å². The zero-order chi connectivity index (χ0) is 16.2. The molecule has 1 aliphatic rings. The van der Waals surface area contributed by atoms with E-state index in [2.05, 4.69) is 10.3 Å². The maximum Gasteiger partial charge on any atom is 0.258 e. The van der Waals surface area contributed by atoms with Gasteiger partial charge in [0.2, 0.25) is 0 Å². The Morgan fingerprint density at radius 1 is 1.09 bits per heavy atom. The molecule has 1 heterocycles. The van der Waals surface area contributed by atoms with E-state index < -0.39 is 0 Å². The number of rotatable bonds is 4. The maximum absolute atomic E-state index is 12.2. The number of nitrogens with zero attached hydrogens (tertiary/aromatic N) is 1. The fourth-order valence-electron chi connectivity index (χ4n) is 2.60. The number of carbonyl (C=O) groups is 1. The van der Waals surface area contributed by atoms with Crippen molar-refractivity contribution in [1.29, 1.82) is 0 Å². The Morgan fingerprint density at radius 3 is 2.43 bits per heavy atom. The van der Waals surface area contributed by atoms with Crippen LogP contribution in [-0.4, -0.2) is 16.1 Å². The van der Waals surface area contributed by atoms with Crippen LogP contribution in [0.3, 0.4) is 0 Å². The van der Waals surface area contributed by atoms with Gasteiger partial charge in [-0.3, -0.25) is 4.79 Å². The quantitative estimate of drug-likeness (QED) is 0.708.